The number of nitrogens with one attached hydrogen (secondary N) is 2. The molecule has 0 radical (unpaired) electrons. The van der Waals surface area contributed by atoms with Gasteiger partial charge in [-0.25, -0.2) is 0 Å². The summed E-state index contributed by atoms with van der Waals surface area (Å²) in [6, 6.07) is 18.0. The summed E-state index contributed by atoms with van der Waals surface area (Å²) in [5, 5.41) is 9.53. The molecule has 0 spiro atoms. The molecule has 0 bridgehead atoms. The smallest absolute Gasteiger partial charge is 0.276 e. The standard InChI is InChI=1S/C22H22N4O2/c27-20(14-16-8-10-18(11-9-16)17-6-2-1-3-7-17)24-19-15-23-25-21(19)22(28)26-12-4-5-13-26/h1-3,6-11,15H,4-5,12-14H2,(H,23,25)(H,24,27). The van der Waals surface area contributed by atoms with Crippen molar-refractivity contribution >= 4 is 17.5 Å². The zero-order chi connectivity index (χ0) is 19.3. The average Bonchev–Trinajstić information content (AvgIpc) is 3.41. The number of hydrogen-bond donors (Lipinski definition) is 2. The van der Waals surface area contributed by atoms with E-state index in [2.05, 4.69) is 27.6 Å². The summed E-state index contributed by atoms with van der Waals surface area (Å²) in [6.45, 7) is 1.49. The van der Waals surface area contributed by atoms with E-state index in [1.54, 1.807) is 11.1 Å². The van der Waals surface area contributed by atoms with Crippen LogP contribution in [0.5, 0.6) is 0 Å². The van der Waals surface area contributed by atoms with Gasteiger partial charge >= 0.3 is 0 Å². The van der Waals surface area contributed by atoms with Gasteiger partial charge in [-0.1, -0.05) is 54.6 Å². The minimum absolute atomic E-state index is 0.138. The summed E-state index contributed by atoms with van der Waals surface area (Å²) in [4.78, 5) is 26.8. The van der Waals surface area contributed by atoms with E-state index in [0.717, 1.165) is 42.6 Å². The van der Waals surface area contributed by atoms with Gasteiger partial charge in [0.25, 0.3) is 5.91 Å². The molecule has 1 aromatic heterocycles. The minimum atomic E-state index is -0.177. The Balaban J connectivity index is 1.40. The predicted molar refractivity (Wildman–Crippen MR) is 108 cm³/mol. The molecule has 2 N–H and O–H groups in total. The predicted octanol–water partition coefficient (Wildman–Crippen LogP) is 3.49. The number of carbonyl (C=O) groups excluding carboxylic acids is 2. The molecule has 1 aliphatic heterocycles. The Hall–Kier alpha value is -3.41. The van der Waals surface area contributed by atoms with Crippen molar-refractivity contribution in [2.24, 2.45) is 0 Å². The van der Waals surface area contributed by atoms with Crippen molar-refractivity contribution in [3.8, 4) is 11.1 Å². The third-order valence-electron chi connectivity index (χ3n) is 4.94. The van der Waals surface area contributed by atoms with Crippen LogP contribution in [0.25, 0.3) is 11.1 Å². The second-order valence-corrected chi connectivity index (χ2v) is 6.93. The van der Waals surface area contributed by atoms with Crippen molar-refractivity contribution in [2.75, 3.05) is 18.4 Å². The van der Waals surface area contributed by atoms with Gasteiger partial charge in [-0.2, -0.15) is 5.10 Å². The highest BCUT2D eigenvalue weighted by Crippen LogP contribution is 2.20. The third kappa shape index (κ3) is 3.96. The number of benzene rings is 2. The number of likely N-dealkylation sites (tertiary alicyclic amines) is 1. The van der Waals surface area contributed by atoms with Gasteiger partial charge in [0.15, 0.2) is 5.69 Å². The number of aromatic nitrogens is 2. The van der Waals surface area contributed by atoms with Crippen LogP contribution in [0, 0.1) is 0 Å². The Morgan fingerprint density at radius 2 is 1.64 bits per heavy atom. The highest BCUT2D eigenvalue weighted by molar-refractivity contribution is 6.02. The number of anilines is 1. The summed E-state index contributed by atoms with van der Waals surface area (Å²) >= 11 is 0. The lowest BCUT2D eigenvalue weighted by molar-refractivity contribution is -0.115. The third-order valence-corrected chi connectivity index (χ3v) is 4.94. The van der Waals surface area contributed by atoms with Gasteiger partial charge in [0.2, 0.25) is 5.91 Å². The van der Waals surface area contributed by atoms with Crippen LogP contribution in [-0.4, -0.2) is 40.0 Å². The molecule has 2 aromatic carbocycles. The molecule has 4 rings (SSSR count). The zero-order valence-corrected chi connectivity index (χ0v) is 15.5. The summed E-state index contributed by atoms with van der Waals surface area (Å²) in [5.41, 5.74) is 3.87. The molecule has 0 aliphatic carbocycles. The average molecular weight is 374 g/mol. The van der Waals surface area contributed by atoms with Gasteiger partial charge in [-0.15, -0.1) is 0 Å². The van der Waals surface area contributed by atoms with Crippen LogP contribution in [0.4, 0.5) is 5.69 Å². The van der Waals surface area contributed by atoms with Crippen molar-refractivity contribution in [1.29, 1.82) is 0 Å². The van der Waals surface area contributed by atoms with Crippen molar-refractivity contribution in [3.63, 3.8) is 0 Å². The molecule has 1 fully saturated rings. The van der Waals surface area contributed by atoms with E-state index >= 15 is 0 Å². The second-order valence-electron chi connectivity index (χ2n) is 6.93. The van der Waals surface area contributed by atoms with E-state index in [0.29, 0.717) is 5.69 Å². The number of nitrogens with zero attached hydrogens (tertiary/aromatic N) is 2. The van der Waals surface area contributed by atoms with Crippen LogP contribution in [0.15, 0.2) is 60.8 Å². The molecule has 0 saturated carbocycles. The number of rotatable bonds is 5. The Morgan fingerprint density at radius 1 is 0.964 bits per heavy atom. The fourth-order valence-electron chi connectivity index (χ4n) is 3.44. The maximum atomic E-state index is 12.5. The normalized spacial score (nSPS) is 13.5. The highest BCUT2D eigenvalue weighted by Gasteiger charge is 2.24. The monoisotopic (exact) mass is 374 g/mol. The number of hydrogen-bond acceptors (Lipinski definition) is 3. The zero-order valence-electron chi connectivity index (χ0n) is 15.5. The van der Waals surface area contributed by atoms with E-state index < -0.39 is 0 Å². The molecular weight excluding hydrogens is 352 g/mol. The van der Waals surface area contributed by atoms with Crippen LogP contribution in [0.3, 0.4) is 0 Å². The van der Waals surface area contributed by atoms with Crippen LogP contribution in [0.2, 0.25) is 0 Å². The molecule has 3 aromatic rings. The highest BCUT2D eigenvalue weighted by atomic mass is 16.2. The molecule has 2 amide bonds. The first kappa shape index (κ1) is 18.0. The maximum Gasteiger partial charge on any atom is 0.276 e. The van der Waals surface area contributed by atoms with E-state index in [4.69, 9.17) is 0 Å². The Labute approximate surface area is 163 Å². The molecule has 6 heteroatoms. The Bertz CT molecular complexity index is 958. The molecule has 1 saturated heterocycles. The first-order valence-corrected chi connectivity index (χ1v) is 9.48. The lowest BCUT2D eigenvalue weighted by Gasteiger charge is -2.14. The van der Waals surface area contributed by atoms with E-state index in [1.807, 2.05) is 42.5 Å². The van der Waals surface area contributed by atoms with Gasteiger partial charge in [-0.05, 0) is 29.5 Å². The van der Waals surface area contributed by atoms with Gasteiger partial charge in [0, 0.05) is 19.3 Å². The molecule has 6 nitrogen and oxygen atoms in total. The number of carbonyl (C=O) groups is 2. The molecule has 1 aliphatic rings. The summed E-state index contributed by atoms with van der Waals surface area (Å²) in [5.74, 6) is -0.314. The first-order chi connectivity index (χ1) is 13.7. The Morgan fingerprint density at radius 3 is 2.36 bits per heavy atom. The summed E-state index contributed by atoms with van der Waals surface area (Å²) < 4.78 is 0. The lowest BCUT2D eigenvalue weighted by atomic mass is 10.0. The van der Waals surface area contributed by atoms with Gasteiger partial charge < -0.3 is 10.2 Å². The van der Waals surface area contributed by atoms with Crippen LogP contribution in [0.1, 0.15) is 28.9 Å². The van der Waals surface area contributed by atoms with E-state index in [-0.39, 0.29) is 23.9 Å². The molecule has 0 unspecified atom stereocenters. The maximum absolute atomic E-state index is 12.5. The van der Waals surface area contributed by atoms with Crippen molar-refractivity contribution in [1.82, 2.24) is 15.1 Å². The second kappa shape index (κ2) is 8.08. The van der Waals surface area contributed by atoms with E-state index in [1.165, 1.54) is 0 Å². The molecular formula is C22H22N4O2. The summed E-state index contributed by atoms with van der Waals surface area (Å²) in [6.07, 6.45) is 3.81. The van der Waals surface area contributed by atoms with Gasteiger partial charge in [0.05, 0.1) is 12.1 Å². The quantitative estimate of drug-likeness (QED) is 0.717. The van der Waals surface area contributed by atoms with E-state index in [9.17, 15) is 9.59 Å². The SMILES string of the molecule is O=C(Cc1ccc(-c2ccccc2)cc1)Nc1c[nH]nc1C(=O)N1CCCC1. The van der Waals surface area contributed by atoms with Crippen molar-refractivity contribution in [3.05, 3.63) is 72.1 Å². The lowest BCUT2D eigenvalue weighted by Crippen LogP contribution is -2.29. The topological polar surface area (TPSA) is 78.1 Å². The van der Waals surface area contributed by atoms with Gasteiger partial charge in [-0.3, -0.25) is 14.7 Å². The van der Waals surface area contributed by atoms with Crippen molar-refractivity contribution < 1.29 is 9.59 Å². The van der Waals surface area contributed by atoms with Crippen LogP contribution in [-0.2, 0) is 11.2 Å². The molecule has 28 heavy (non-hydrogen) atoms. The van der Waals surface area contributed by atoms with Crippen LogP contribution >= 0.6 is 0 Å². The number of aromatic amines is 1. The van der Waals surface area contributed by atoms with Crippen molar-refractivity contribution in [2.45, 2.75) is 19.3 Å². The molecule has 2 heterocycles. The molecule has 142 valence electrons. The fraction of sp³-hybridized carbons (Fsp3) is 0.227. The minimum Gasteiger partial charge on any atom is -0.337 e. The number of amides is 2. The van der Waals surface area contributed by atoms with Gasteiger partial charge in [0.1, 0.15) is 0 Å². The molecule has 0 atom stereocenters. The number of H-pyrrole nitrogens is 1. The van der Waals surface area contributed by atoms with Crippen LogP contribution < -0.4 is 5.32 Å². The largest absolute Gasteiger partial charge is 0.337 e. The summed E-state index contributed by atoms with van der Waals surface area (Å²) in [7, 11) is 0. The fourth-order valence-corrected chi connectivity index (χ4v) is 3.44. The Kier molecular flexibility index (Phi) is 5.19. The first-order valence-electron chi connectivity index (χ1n) is 9.48.